The van der Waals surface area contributed by atoms with Crippen LogP contribution >= 0.6 is 0 Å². The fourth-order valence-electron chi connectivity index (χ4n) is 2.92. The highest BCUT2D eigenvalue weighted by Crippen LogP contribution is 2.28. The monoisotopic (exact) mass is 392 g/mol. The topological polar surface area (TPSA) is 76.7 Å². The molecule has 0 heterocycles. The number of ether oxygens (including phenoxy) is 2. The van der Waals surface area contributed by atoms with Crippen LogP contribution in [0.25, 0.3) is 10.8 Å². The first kappa shape index (κ1) is 20.2. The van der Waals surface area contributed by atoms with Crippen molar-refractivity contribution in [3.05, 3.63) is 71.8 Å². The summed E-state index contributed by atoms with van der Waals surface area (Å²) in [4.78, 5) is 24.6. The van der Waals surface area contributed by atoms with Crippen molar-refractivity contribution in [1.29, 1.82) is 0 Å². The largest absolute Gasteiger partial charge is 0.493 e. The number of methoxy groups -OCH3 is 1. The van der Waals surface area contributed by atoms with Crippen LogP contribution in [0.15, 0.2) is 60.7 Å². The highest BCUT2D eigenvalue weighted by atomic mass is 16.5. The van der Waals surface area contributed by atoms with E-state index in [0.29, 0.717) is 23.7 Å². The van der Waals surface area contributed by atoms with Gasteiger partial charge in [-0.3, -0.25) is 20.4 Å². The van der Waals surface area contributed by atoms with Crippen LogP contribution in [-0.4, -0.2) is 25.5 Å². The molecular weight excluding hydrogens is 368 g/mol. The standard InChI is InChI=1S/C23H24N2O4/c1-3-12-29-20-11-10-19(15-21(20)28-2)23(27)25-24-22(26)14-16-8-9-17-6-4-5-7-18(17)13-16/h4-11,13,15H,3,12,14H2,1-2H3,(H,24,26)(H,25,27). The maximum atomic E-state index is 12.3. The highest BCUT2D eigenvalue weighted by Gasteiger charge is 2.12. The van der Waals surface area contributed by atoms with Gasteiger partial charge in [0.25, 0.3) is 5.91 Å². The van der Waals surface area contributed by atoms with Crippen molar-refractivity contribution >= 4 is 22.6 Å². The third kappa shape index (κ3) is 5.25. The minimum Gasteiger partial charge on any atom is -0.493 e. The van der Waals surface area contributed by atoms with Crippen LogP contribution in [-0.2, 0) is 11.2 Å². The molecule has 6 heteroatoms. The molecule has 0 bridgehead atoms. The van der Waals surface area contributed by atoms with E-state index in [-0.39, 0.29) is 12.3 Å². The SMILES string of the molecule is CCCOc1ccc(C(=O)NNC(=O)Cc2ccc3ccccc3c2)cc1OC. The Balaban J connectivity index is 1.58. The summed E-state index contributed by atoms with van der Waals surface area (Å²) in [5, 5.41) is 2.18. The van der Waals surface area contributed by atoms with Gasteiger partial charge in [0.05, 0.1) is 20.1 Å². The lowest BCUT2D eigenvalue weighted by Gasteiger charge is -2.12. The predicted molar refractivity (Wildman–Crippen MR) is 112 cm³/mol. The number of hydrazine groups is 1. The summed E-state index contributed by atoms with van der Waals surface area (Å²) in [5.41, 5.74) is 6.12. The number of hydrogen-bond donors (Lipinski definition) is 2. The van der Waals surface area contributed by atoms with Crippen molar-refractivity contribution in [2.75, 3.05) is 13.7 Å². The molecule has 29 heavy (non-hydrogen) atoms. The Morgan fingerprint density at radius 3 is 2.45 bits per heavy atom. The van der Waals surface area contributed by atoms with E-state index in [9.17, 15) is 9.59 Å². The van der Waals surface area contributed by atoms with Crippen molar-refractivity contribution in [3.8, 4) is 11.5 Å². The van der Waals surface area contributed by atoms with Gasteiger partial charge >= 0.3 is 0 Å². The first-order valence-corrected chi connectivity index (χ1v) is 9.48. The van der Waals surface area contributed by atoms with Gasteiger partial charge < -0.3 is 9.47 Å². The molecule has 0 aliphatic heterocycles. The fraction of sp³-hybridized carbons (Fsp3) is 0.217. The van der Waals surface area contributed by atoms with E-state index >= 15 is 0 Å². The second kappa shape index (κ2) is 9.59. The van der Waals surface area contributed by atoms with Crippen molar-refractivity contribution in [2.24, 2.45) is 0 Å². The molecule has 0 atom stereocenters. The van der Waals surface area contributed by atoms with Gasteiger partial charge in [-0.1, -0.05) is 49.4 Å². The van der Waals surface area contributed by atoms with E-state index < -0.39 is 5.91 Å². The van der Waals surface area contributed by atoms with E-state index in [4.69, 9.17) is 9.47 Å². The summed E-state index contributed by atoms with van der Waals surface area (Å²) in [6.45, 7) is 2.57. The third-order valence-electron chi connectivity index (χ3n) is 4.38. The van der Waals surface area contributed by atoms with Crippen LogP contribution in [0.3, 0.4) is 0 Å². The minimum absolute atomic E-state index is 0.165. The number of rotatable bonds is 7. The molecule has 0 aliphatic rings. The molecule has 0 saturated carbocycles. The first-order chi connectivity index (χ1) is 14.1. The van der Waals surface area contributed by atoms with Crippen LogP contribution in [0.4, 0.5) is 0 Å². The number of benzene rings is 3. The molecule has 0 spiro atoms. The Morgan fingerprint density at radius 1 is 0.897 bits per heavy atom. The van der Waals surface area contributed by atoms with Crippen LogP contribution in [0.2, 0.25) is 0 Å². The average Bonchev–Trinajstić information content (AvgIpc) is 2.75. The molecule has 0 unspecified atom stereocenters. The molecule has 2 N–H and O–H groups in total. The van der Waals surface area contributed by atoms with Gasteiger partial charge in [0.2, 0.25) is 5.91 Å². The Hall–Kier alpha value is -3.54. The normalized spacial score (nSPS) is 10.4. The maximum Gasteiger partial charge on any atom is 0.269 e. The Bertz CT molecular complexity index is 1020. The van der Waals surface area contributed by atoms with Gasteiger partial charge in [0.15, 0.2) is 11.5 Å². The second-order valence-electron chi connectivity index (χ2n) is 6.57. The smallest absolute Gasteiger partial charge is 0.269 e. The highest BCUT2D eigenvalue weighted by molar-refractivity contribution is 5.96. The Labute approximate surface area is 169 Å². The molecule has 0 saturated heterocycles. The van der Waals surface area contributed by atoms with Crippen LogP contribution in [0, 0.1) is 0 Å². The number of hydrogen-bond acceptors (Lipinski definition) is 4. The molecule has 3 aromatic rings. The van der Waals surface area contributed by atoms with Gasteiger partial charge in [-0.25, -0.2) is 0 Å². The zero-order chi connectivity index (χ0) is 20.6. The second-order valence-corrected chi connectivity index (χ2v) is 6.57. The molecule has 3 aromatic carbocycles. The van der Waals surface area contributed by atoms with E-state index in [0.717, 1.165) is 22.8 Å². The van der Waals surface area contributed by atoms with Crippen LogP contribution < -0.4 is 20.3 Å². The van der Waals surface area contributed by atoms with Crippen molar-refractivity contribution in [3.63, 3.8) is 0 Å². The lowest BCUT2D eigenvalue weighted by molar-refractivity contribution is -0.121. The number of fused-ring (bicyclic) bond motifs is 1. The Kier molecular flexibility index (Phi) is 6.68. The first-order valence-electron chi connectivity index (χ1n) is 9.48. The van der Waals surface area contributed by atoms with E-state index in [1.807, 2.05) is 49.4 Å². The van der Waals surface area contributed by atoms with Gasteiger partial charge in [-0.05, 0) is 41.0 Å². The van der Waals surface area contributed by atoms with Gasteiger partial charge in [-0.15, -0.1) is 0 Å². The molecule has 150 valence electrons. The van der Waals surface area contributed by atoms with Gasteiger partial charge in [0, 0.05) is 5.56 Å². The zero-order valence-electron chi connectivity index (χ0n) is 16.5. The van der Waals surface area contributed by atoms with E-state index in [2.05, 4.69) is 10.9 Å². The average molecular weight is 392 g/mol. The van der Waals surface area contributed by atoms with E-state index in [1.165, 1.54) is 7.11 Å². The minimum atomic E-state index is -0.433. The Morgan fingerprint density at radius 2 is 1.69 bits per heavy atom. The summed E-state index contributed by atoms with van der Waals surface area (Å²) in [6, 6.07) is 18.7. The van der Waals surface area contributed by atoms with Crippen molar-refractivity contribution in [1.82, 2.24) is 10.9 Å². The summed E-state index contributed by atoms with van der Waals surface area (Å²) >= 11 is 0. The molecule has 2 amide bonds. The zero-order valence-corrected chi connectivity index (χ0v) is 16.5. The van der Waals surface area contributed by atoms with Crippen molar-refractivity contribution < 1.29 is 19.1 Å². The number of carbonyl (C=O) groups is 2. The molecule has 0 aliphatic carbocycles. The number of nitrogens with one attached hydrogen (secondary N) is 2. The summed E-state index contributed by atoms with van der Waals surface area (Å²) in [6.07, 6.45) is 1.03. The lowest BCUT2D eigenvalue weighted by Crippen LogP contribution is -2.42. The molecule has 0 aromatic heterocycles. The molecule has 3 rings (SSSR count). The van der Waals surface area contributed by atoms with Crippen LogP contribution in [0.1, 0.15) is 29.3 Å². The summed E-state index contributed by atoms with van der Waals surface area (Å²) < 4.78 is 10.9. The molecule has 0 radical (unpaired) electrons. The molecular formula is C23H24N2O4. The summed E-state index contributed by atoms with van der Waals surface area (Å²) in [5.74, 6) is 0.306. The maximum absolute atomic E-state index is 12.3. The number of amides is 2. The predicted octanol–water partition coefficient (Wildman–Crippen LogP) is 3.64. The fourth-order valence-corrected chi connectivity index (χ4v) is 2.92. The van der Waals surface area contributed by atoms with Gasteiger partial charge in [0.1, 0.15) is 0 Å². The number of carbonyl (C=O) groups excluding carboxylic acids is 2. The van der Waals surface area contributed by atoms with E-state index in [1.54, 1.807) is 18.2 Å². The lowest BCUT2D eigenvalue weighted by atomic mass is 10.1. The molecule has 6 nitrogen and oxygen atoms in total. The van der Waals surface area contributed by atoms with Crippen molar-refractivity contribution in [2.45, 2.75) is 19.8 Å². The third-order valence-corrected chi connectivity index (χ3v) is 4.38. The van der Waals surface area contributed by atoms with Gasteiger partial charge in [-0.2, -0.15) is 0 Å². The quantitative estimate of drug-likeness (QED) is 0.602. The molecule has 0 fully saturated rings. The summed E-state index contributed by atoms with van der Waals surface area (Å²) in [7, 11) is 1.52. The van der Waals surface area contributed by atoms with Crippen LogP contribution in [0.5, 0.6) is 11.5 Å².